The van der Waals surface area contributed by atoms with Crippen LogP contribution in [0.3, 0.4) is 0 Å². The van der Waals surface area contributed by atoms with E-state index < -0.39 is 0 Å². The van der Waals surface area contributed by atoms with Crippen molar-refractivity contribution >= 4 is 109 Å². The predicted octanol–water partition coefficient (Wildman–Crippen LogP) is 27.4. The molecule has 0 aliphatic heterocycles. The van der Waals surface area contributed by atoms with E-state index in [-0.39, 0.29) is 0 Å². The van der Waals surface area contributed by atoms with Gasteiger partial charge in [-0.1, -0.05) is 315 Å². The maximum absolute atomic E-state index is 5.46. The van der Waals surface area contributed by atoms with Crippen LogP contribution in [0.2, 0.25) is 0 Å². The first-order valence-corrected chi connectivity index (χ1v) is 38.2. The lowest BCUT2D eigenvalue weighted by Gasteiger charge is -2.15. The van der Waals surface area contributed by atoms with Crippen LogP contribution in [0.15, 0.2) is 409 Å². The van der Waals surface area contributed by atoms with Crippen LogP contribution in [0.25, 0.3) is 176 Å². The van der Waals surface area contributed by atoms with Crippen molar-refractivity contribution in [1.82, 2.24) is 18.7 Å². The molecule has 0 amide bonds. The van der Waals surface area contributed by atoms with Gasteiger partial charge in [0, 0.05) is 44.5 Å². The minimum absolute atomic E-state index is 0.811. The number of benzene rings is 16. The highest BCUT2D eigenvalue weighted by atomic mass is 15.4. The van der Waals surface area contributed by atoms with Crippen LogP contribution < -0.4 is 0 Å². The zero-order valence-electron chi connectivity index (χ0n) is 62.5. The summed E-state index contributed by atoms with van der Waals surface area (Å²) >= 11 is 0. The van der Waals surface area contributed by atoms with Crippen molar-refractivity contribution in [3.8, 4) is 90.1 Å². The average Bonchev–Trinajstić information content (AvgIpc) is 1.60. The lowest BCUT2D eigenvalue weighted by molar-refractivity contribution is 0.895. The Morgan fingerprint density at radius 3 is 0.571 bits per heavy atom. The van der Waals surface area contributed by atoms with E-state index in [4.69, 9.17) is 20.4 Å². The molecule has 0 aliphatic rings. The van der Waals surface area contributed by atoms with Gasteiger partial charge in [-0.05, 0) is 187 Å². The number of aromatic nitrogens is 4. The number of rotatable bonds is 14. The molecule has 0 atom stereocenters. The van der Waals surface area contributed by atoms with E-state index in [0.29, 0.717) is 0 Å². The normalized spacial score (nSPS) is 12.3. The first-order chi connectivity index (χ1) is 55.2. The van der Waals surface area contributed by atoms with Gasteiger partial charge in [0.05, 0.1) is 68.4 Å². The van der Waals surface area contributed by atoms with Gasteiger partial charge in [-0.15, -0.1) is 0 Å². The molecule has 0 unspecified atom stereocenters. The summed E-state index contributed by atoms with van der Waals surface area (Å²) in [6.45, 7) is 8.25. The van der Waals surface area contributed by atoms with Crippen LogP contribution in [0.5, 0.6) is 0 Å². The highest BCUT2D eigenvalue weighted by molar-refractivity contribution is 6.41. The van der Waals surface area contributed by atoms with Gasteiger partial charge < -0.3 is 0 Å². The SMILES string of the molecule is CC(=N\n1c(-c2ccc3ccccc3c2)ccc1-c1ccc2ccccc2c1)/C(C)=N/n1c(-c2ccc3ccccc3c2)ccc1-c1ccc2ccccc2c1.CC(=N\n1c(-c2cccc3ccccc23)ccc1-c1cccc2ccccc12)/C(C)=N/n1c(-c2cccc3ccccc23)ccc1-c1cccc2ccccc12. The van der Waals surface area contributed by atoms with Crippen LogP contribution in [-0.2, 0) is 0 Å². The molecule has 8 nitrogen and oxygen atoms in total. The van der Waals surface area contributed by atoms with Gasteiger partial charge in [0.2, 0.25) is 0 Å². The Bertz CT molecular complexity index is 6370. The second kappa shape index (κ2) is 29.2. The Morgan fingerprint density at radius 2 is 0.339 bits per heavy atom. The van der Waals surface area contributed by atoms with Gasteiger partial charge >= 0.3 is 0 Å². The summed E-state index contributed by atoms with van der Waals surface area (Å²) in [4.78, 5) is 0. The maximum atomic E-state index is 5.46. The molecule has 20 aromatic rings. The summed E-state index contributed by atoms with van der Waals surface area (Å²) in [5.74, 6) is 0. The van der Waals surface area contributed by atoms with E-state index in [9.17, 15) is 0 Å². The third kappa shape index (κ3) is 12.8. The van der Waals surface area contributed by atoms with E-state index >= 15 is 0 Å². The lowest BCUT2D eigenvalue weighted by Crippen LogP contribution is -2.12. The maximum Gasteiger partial charge on any atom is 0.0812 e. The minimum Gasteiger partial charge on any atom is -0.232 e. The number of hydrogen-bond donors (Lipinski definition) is 0. The fourth-order valence-corrected chi connectivity index (χ4v) is 15.9. The molecule has 0 N–H and O–H groups in total. The number of hydrogen-bond acceptors (Lipinski definition) is 4. The Kier molecular flexibility index (Phi) is 17.7. The molecule has 0 spiro atoms. The van der Waals surface area contributed by atoms with E-state index in [1.165, 1.54) is 86.2 Å². The molecule has 4 heterocycles. The number of nitrogens with zero attached hydrogens (tertiary/aromatic N) is 8. The zero-order valence-corrected chi connectivity index (χ0v) is 62.5. The average molecular weight is 1440 g/mol. The Morgan fingerprint density at radius 1 is 0.161 bits per heavy atom. The summed E-state index contributed by atoms with van der Waals surface area (Å²) < 4.78 is 8.41. The molecule has 8 heteroatoms. The Hall–Kier alpha value is -14.6. The monoisotopic (exact) mass is 1440 g/mol. The van der Waals surface area contributed by atoms with Crippen molar-refractivity contribution in [2.45, 2.75) is 27.7 Å². The van der Waals surface area contributed by atoms with Crippen molar-refractivity contribution in [2.24, 2.45) is 20.4 Å². The molecule has 0 bridgehead atoms. The van der Waals surface area contributed by atoms with Crippen molar-refractivity contribution in [2.75, 3.05) is 0 Å². The summed E-state index contributed by atoms with van der Waals surface area (Å²) in [6, 6.07) is 138. The van der Waals surface area contributed by atoms with E-state index in [0.717, 1.165) is 113 Å². The summed E-state index contributed by atoms with van der Waals surface area (Å²) in [5, 5.41) is 40.8. The lowest BCUT2D eigenvalue weighted by atomic mass is 10.0. The van der Waals surface area contributed by atoms with Crippen LogP contribution in [-0.4, -0.2) is 41.6 Å². The molecule has 0 saturated heterocycles. The van der Waals surface area contributed by atoms with E-state index in [1.807, 2.05) is 0 Å². The Labute approximate surface area is 650 Å². The predicted molar refractivity (Wildman–Crippen MR) is 475 cm³/mol. The third-order valence-electron chi connectivity index (χ3n) is 21.9. The molecule has 20 rings (SSSR count). The fraction of sp³-hybridized carbons (Fsp3) is 0.0385. The van der Waals surface area contributed by atoms with Gasteiger partial charge in [-0.2, -0.15) is 20.4 Å². The molecule has 4 aromatic heterocycles. The third-order valence-corrected chi connectivity index (χ3v) is 21.9. The largest absolute Gasteiger partial charge is 0.232 e. The summed E-state index contributed by atoms with van der Waals surface area (Å²) in [6.07, 6.45) is 0. The second-order valence-corrected chi connectivity index (χ2v) is 28.8. The van der Waals surface area contributed by atoms with Gasteiger partial charge in [0.25, 0.3) is 0 Å². The molecular weight excluding hydrogens is 1360 g/mol. The highest BCUT2D eigenvalue weighted by Gasteiger charge is 2.22. The topological polar surface area (TPSA) is 69.2 Å². The smallest absolute Gasteiger partial charge is 0.0812 e. The van der Waals surface area contributed by atoms with Gasteiger partial charge in [0.1, 0.15) is 0 Å². The van der Waals surface area contributed by atoms with Crippen LogP contribution in [0, 0.1) is 0 Å². The molecule has 0 saturated carbocycles. The summed E-state index contributed by atoms with van der Waals surface area (Å²) in [7, 11) is 0. The van der Waals surface area contributed by atoms with Crippen molar-refractivity contribution in [1.29, 1.82) is 0 Å². The van der Waals surface area contributed by atoms with Gasteiger partial charge in [0.15, 0.2) is 0 Å². The van der Waals surface area contributed by atoms with Crippen molar-refractivity contribution in [3.63, 3.8) is 0 Å². The van der Waals surface area contributed by atoms with Crippen LogP contribution in [0.4, 0.5) is 0 Å². The second-order valence-electron chi connectivity index (χ2n) is 28.8. The molecule has 112 heavy (non-hydrogen) atoms. The first kappa shape index (κ1) is 68.0. The molecule has 0 fully saturated rings. The minimum atomic E-state index is 0.811. The highest BCUT2D eigenvalue weighted by Crippen LogP contribution is 2.41. The quantitative estimate of drug-likeness (QED) is 0.0974. The zero-order chi connectivity index (χ0) is 75.2. The molecule has 0 aliphatic carbocycles. The fourth-order valence-electron chi connectivity index (χ4n) is 15.9. The van der Waals surface area contributed by atoms with Crippen molar-refractivity contribution in [3.05, 3.63) is 388 Å². The van der Waals surface area contributed by atoms with E-state index in [2.05, 4.69) is 435 Å². The standard InChI is InChI=1S/2C52H38N4/c1-35(53-55-49(45-27-11-19-37-15-3-7-23-41(37)45)31-32-50(55)46-28-12-20-38-16-4-8-24-42(38)46)36(2)54-56-51(47-29-13-21-39-17-5-9-25-43(39)47)33-34-52(56)48-30-14-22-40-18-6-10-26-44(40)48;1-35(53-55-49(45-23-19-37-11-3-7-15-41(37)31-45)27-28-50(55)46-24-20-38-12-4-8-16-42(38)32-46)36(2)54-56-51(47-25-21-39-13-5-9-17-43(39)33-47)29-30-52(56)48-26-22-40-14-6-10-18-44(40)34-48/h2*3-34H,1-2H3/b2*53-35+,54-36+. The first-order valence-electron chi connectivity index (χ1n) is 38.2. The Balaban J connectivity index is 0.000000151. The van der Waals surface area contributed by atoms with Crippen LogP contribution >= 0.6 is 0 Å². The molecule has 0 radical (unpaired) electrons. The van der Waals surface area contributed by atoms with Crippen molar-refractivity contribution < 1.29 is 0 Å². The molecule has 16 aromatic carbocycles. The van der Waals surface area contributed by atoms with E-state index in [1.54, 1.807) is 0 Å². The van der Waals surface area contributed by atoms with Gasteiger partial charge in [-0.3, -0.25) is 0 Å². The summed E-state index contributed by atoms with van der Waals surface area (Å²) in [5.41, 5.74) is 20.3. The van der Waals surface area contributed by atoms with Gasteiger partial charge in [-0.25, -0.2) is 18.7 Å². The molecular formula is C104H76N8. The number of fused-ring (bicyclic) bond motifs is 8. The van der Waals surface area contributed by atoms with Crippen LogP contribution in [0.1, 0.15) is 27.7 Å². The molecule has 532 valence electrons.